The number of hydrogen-bond donors (Lipinski definition) is 3. The van der Waals surface area contributed by atoms with Crippen LogP contribution in [0.3, 0.4) is 0 Å². The molecule has 1 spiro atoms. The molecule has 2 saturated heterocycles. The molecule has 2 heterocycles. The number of ether oxygens (including phenoxy) is 1. The van der Waals surface area contributed by atoms with Gasteiger partial charge in [0.15, 0.2) is 6.29 Å². The van der Waals surface area contributed by atoms with Crippen LogP contribution in [0.4, 0.5) is 13.3 Å². The van der Waals surface area contributed by atoms with Gasteiger partial charge in [-0.2, -0.15) is 5.26 Å². The summed E-state index contributed by atoms with van der Waals surface area (Å²) in [5.41, 5.74) is 1.08. The molecule has 4 aliphatic rings. The van der Waals surface area contributed by atoms with E-state index in [-0.39, 0.29) is 42.4 Å². The molecule has 0 aromatic carbocycles. The summed E-state index contributed by atoms with van der Waals surface area (Å²) in [4.78, 5) is 49.4. The quantitative estimate of drug-likeness (QED) is 0.238. The second-order valence-electron chi connectivity index (χ2n) is 13.0. The second-order valence-corrected chi connectivity index (χ2v) is 13.0. The predicted octanol–water partition coefficient (Wildman–Crippen LogP) is 3.59. The van der Waals surface area contributed by atoms with Crippen LogP contribution in [0.25, 0.3) is 0 Å². The van der Waals surface area contributed by atoms with E-state index in [1.54, 1.807) is 12.5 Å². The molecular weight excluding hydrogens is 567 g/mol. The van der Waals surface area contributed by atoms with Gasteiger partial charge in [-0.15, -0.1) is 10.0 Å². The summed E-state index contributed by atoms with van der Waals surface area (Å²) in [6.07, 6.45) is 3.91. The van der Waals surface area contributed by atoms with Gasteiger partial charge in [0, 0.05) is 18.0 Å². The largest absolute Gasteiger partial charge is 0.373 e. The van der Waals surface area contributed by atoms with Crippen LogP contribution in [0.5, 0.6) is 0 Å². The molecule has 4 fully saturated rings. The number of likely N-dealkylation sites (tertiary alicyclic amines) is 1. The lowest BCUT2D eigenvalue weighted by molar-refractivity contribution is -0.146. The zero-order valence-electron chi connectivity index (χ0n) is 26.1. The normalized spacial score (nSPS) is 26.9. The molecule has 244 valence electrons. The van der Waals surface area contributed by atoms with Crippen molar-refractivity contribution in [2.75, 3.05) is 6.54 Å². The lowest BCUT2D eigenvalue weighted by Gasteiger charge is -2.32. The van der Waals surface area contributed by atoms with E-state index in [4.69, 9.17) is 9.53 Å². The number of carbonyl (C=O) groups is 4. The first kappa shape index (κ1) is 36.5. The SMILES string of the molecule is C1CC1.CCC(C)OC(C)C(NF)C(=O)N1CC(C)(C)C(C)C1C(=O)NC(C#N)CC1CC2(CC2)NC1=O.O=CC(F)F. The molecular formula is C30H48F3N5O5. The van der Waals surface area contributed by atoms with Gasteiger partial charge in [-0.25, -0.2) is 8.78 Å². The maximum atomic E-state index is 13.8. The molecule has 4 rings (SSSR count). The molecule has 7 unspecified atom stereocenters. The Balaban J connectivity index is 0.000000705. The molecule has 3 amide bonds. The first-order valence-electron chi connectivity index (χ1n) is 15.2. The highest BCUT2D eigenvalue weighted by atomic mass is 19.3. The maximum absolute atomic E-state index is 13.8. The van der Waals surface area contributed by atoms with E-state index < -0.39 is 54.2 Å². The number of aldehydes is 1. The lowest BCUT2D eigenvalue weighted by atomic mass is 9.80. The van der Waals surface area contributed by atoms with Crippen LogP contribution in [-0.4, -0.2) is 77.8 Å². The zero-order chi connectivity index (χ0) is 32.5. The van der Waals surface area contributed by atoms with E-state index >= 15 is 0 Å². The van der Waals surface area contributed by atoms with E-state index in [2.05, 4.69) is 16.7 Å². The molecule has 2 aliphatic heterocycles. The van der Waals surface area contributed by atoms with E-state index in [0.29, 0.717) is 12.8 Å². The number of amides is 3. The van der Waals surface area contributed by atoms with Crippen molar-refractivity contribution in [2.24, 2.45) is 17.3 Å². The summed E-state index contributed by atoms with van der Waals surface area (Å²) in [5, 5.41) is 15.5. The van der Waals surface area contributed by atoms with Crippen molar-refractivity contribution in [1.29, 1.82) is 5.26 Å². The number of halogens is 3. The summed E-state index contributed by atoms with van der Waals surface area (Å²) in [5.74, 6) is -1.65. The van der Waals surface area contributed by atoms with E-state index in [9.17, 15) is 32.9 Å². The number of nitrogens with one attached hydrogen (secondary N) is 3. The average molecular weight is 616 g/mol. The highest BCUT2D eigenvalue weighted by Gasteiger charge is 2.54. The van der Waals surface area contributed by atoms with Gasteiger partial charge in [0.1, 0.15) is 18.1 Å². The Labute approximate surface area is 252 Å². The van der Waals surface area contributed by atoms with Crippen LogP contribution in [0, 0.1) is 28.6 Å². The van der Waals surface area contributed by atoms with Gasteiger partial charge in [-0.1, -0.05) is 47.0 Å². The molecule has 2 saturated carbocycles. The Morgan fingerprint density at radius 3 is 2.23 bits per heavy atom. The monoisotopic (exact) mass is 615 g/mol. The van der Waals surface area contributed by atoms with Gasteiger partial charge in [0.25, 0.3) is 6.43 Å². The number of hydrogen-bond acceptors (Lipinski definition) is 7. The van der Waals surface area contributed by atoms with Crippen molar-refractivity contribution in [3.63, 3.8) is 0 Å². The van der Waals surface area contributed by atoms with E-state index in [0.717, 1.165) is 12.8 Å². The van der Waals surface area contributed by atoms with Gasteiger partial charge in [0.05, 0.1) is 18.3 Å². The van der Waals surface area contributed by atoms with E-state index in [1.165, 1.54) is 24.2 Å². The van der Waals surface area contributed by atoms with Crippen molar-refractivity contribution >= 4 is 24.0 Å². The molecule has 3 N–H and O–H groups in total. The molecule has 43 heavy (non-hydrogen) atoms. The summed E-state index contributed by atoms with van der Waals surface area (Å²) in [6, 6.07) is -0.883. The van der Waals surface area contributed by atoms with Crippen LogP contribution in [-0.2, 0) is 23.9 Å². The minimum absolute atomic E-state index is 0.0728. The molecule has 13 heteroatoms. The fraction of sp³-hybridized carbons (Fsp3) is 0.833. The Bertz CT molecular complexity index is 1010. The van der Waals surface area contributed by atoms with Crippen LogP contribution in [0.2, 0.25) is 0 Å². The molecule has 0 radical (unpaired) electrons. The Morgan fingerprint density at radius 2 is 1.81 bits per heavy atom. The van der Waals surface area contributed by atoms with Gasteiger partial charge in [0.2, 0.25) is 17.7 Å². The number of nitriles is 1. The number of rotatable bonds is 11. The molecule has 0 aromatic rings. The fourth-order valence-corrected chi connectivity index (χ4v) is 5.35. The maximum Gasteiger partial charge on any atom is 0.293 e. The van der Waals surface area contributed by atoms with Crippen molar-refractivity contribution in [1.82, 2.24) is 21.1 Å². The smallest absolute Gasteiger partial charge is 0.293 e. The molecule has 10 nitrogen and oxygen atoms in total. The van der Waals surface area contributed by atoms with Gasteiger partial charge < -0.3 is 20.3 Å². The third-order valence-electron chi connectivity index (χ3n) is 8.75. The van der Waals surface area contributed by atoms with Gasteiger partial charge in [-0.3, -0.25) is 19.2 Å². The Kier molecular flexibility index (Phi) is 13.4. The third kappa shape index (κ3) is 10.4. The van der Waals surface area contributed by atoms with Crippen molar-refractivity contribution in [3.05, 3.63) is 0 Å². The average Bonchev–Trinajstić information content (AvgIpc) is 3.88. The van der Waals surface area contributed by atoms with Gasteiger partial charge >= 0.3 is 0 Å². The fourth-order valence-electron chi connectivity index (χ4n) is 5.35. The zero-order valence-corrected chi connectivity index (χ0v) is 26.1. The molecule has 0 bridgehead atoms. The Morgan fingerprint density at radius 1 is 1.23 bits per heavy atom. The third-order valence-corrected chi connectivity index (χ3v) is 8.75. The first-order chi connectivity index (χ1) is 20.1. The minimum Gasteiger partial charge on any atom is -0.373 e. The summed E-state index contributed by atoms with van der Waals surface area (Å²) < 4.78 is 40.4. The van der Waals surface area contributed by atoms with Crippen LogP contribution in [0.15, 0.2) is 0 Å². The number of alkyl halides is 2. The summed E-state index contributed by atoms with van der Waals surface area (Å²) in [7, 11) is 0. The molecule has 2 aliphatic carbocycles. The topological polar surface area (TPSA) is 141 Å². The highest BCUT2D eigenvalue weighted by molar-refractivity contribution is 5.91. The highest BCUT2D eigenvalue weighted by Crippen LogP contribution is 2.46. The van der Waals surface area contributed by atoms with Crippen LogP contribution >= 0.6 is 0 Å². The van der Waals surface area contributed by atoms with Crippen molar-refractivity contribution in [3.8, 4) is 6.07 Å². The molecule has 0 aromatic heterocycles. The number of nitrogens with zero attached hydrogens (tertiary/aromatic N) is 2. The summed E-state index contributed by atoms with van der Waals surface area (Å²) >= 11 is 0. The Hall–Kier alpha value is -2.72. The predicted molar refractivity (Wildman–Crippen MR) is 153 cm³/mol. The standard InChI is InChI=1S/C25H40FN5O4.C3H6.C2H2F2O/c1-7-14(2)35-16(4)19(30-26)23(34)31-13-24(5,6)15(3)20(31)22(33)28-18(12-27)10-17-11-25(8-9-25)29-21(17)32;1-2-3-1;3-2(4)1-5/h14-20,30H,7-11,13H2,1-6H3,(H,28,33)(H,29,32);1-3H2;1-2H. The second kappa shape index (κ2) is 15.8. The van der Waals surface area contributed by atoms with E-state index in [1.807, 2.05) is 34.6 Å². The number of carbonyl (C=O) groups excluding carboxylic acids is 4. The lowest BCUT2D eigenvalue weighted by Crippen LogP contribution is -2.57. The van der Waals surface area contributed by atoms with Crippen LogP contribution < -0.4 is 16.2 Å². The first-order valence-corrected chi connectivity index (χ1v) is 15.2. The van der Waals surface area contributed by atoms with Crippen LogP contribution in [0.1, 0.15) is 92.9 Å². The molecule has 7 atom stereocenters. The van der Waals surface area contributed by atoms with Crippen molar-refractivity contribution < 1.29 is 37.2 Å². The van der Waals surface area contributed by atoms with Crippen molar-refractivity contribution in [2.45, 2.75) is 135 Å². The van der Waals surface area contributed by atoms with Gasteiger partial charge in [-0.05, 0) is 57.3 Å². The summed E-state index contributed by atoms with van der Waals surface area (Å²) in [6.45, 7) is 11.5. The minimum atomic E-state index is -2.80.